The average molecular weight is 287 g/mol. The summed E-state index contributed by atoms with van der Waals surface area (Å²) in [5, 5.41) is -0.429. The van der Waals surface area contributed by atoms with Crippen molar-refractivity contribution in [3.8, 4) is 0 Å². The molecular weight excluding hydrogens is 269 g/mol. The molecule has 0 unspecified atom stereocenters. The van der Waals surface area contributed by atoms with E-state index in [-0.39, 0.29) is 17.9 Å². The molecule has 1 heterocycles. The Morgan fingerprint density at radius 1 is 1.26 bits per heavy atom. The molecule has 106 valence electrons. The van der Waals surface area contributed by atoms with E-state index in [2.05, 4.69) is 0 Å². The molecule has 2 rings (SSSR count). The third kappa shape index (κ3) is 3.32. The van der Waals surface area contributed by atoms with E-state index in [0.717, 1.165) is 0 Å². The lowest BCUT2D eigenvalue weighted by atomic mass is 10.1. The molecule has 4 nitrogen and oxygen atoms in total. The van der Waals surface area contributed by atoms with E-state index in [0.29, 0.717) is 31.6 Å². The van der Waals surface area contributed by atoms with E-state index in [9.17, 15) is 12.8 Å². The van der Waals surface area contributed by atoms with Crippen LogP contribution in [0, 0.1) is 5.82 Å². The minimum Gasteiger partial charge on any atom is -0.381 e. The predicted molar refractivity (Wildman–Crippen MR) is 70.8 cm³/mol. The van der Waals surface area contributed by atoms with Gasteiger partial charge in [0.05, 0.1) is 11.0 Å². The summed E-state index contributed by atoms with van der Waals surface area (Å²) in [7, 11) is -3.34. The van der Waals surface area contributed by atoms with Crippen LogP contribution in [0.15, 0.2) is 18.2 Å². The van der Waals surface area contributed by atoms with Crippen molar-refractivity contribution in [1.29, 1.82) is 0 Å². The van der Waals surface area contributed by atoms with Crippen LogP contribution in [0.1, 0.15) is 24.0 Å². The van der Waals surface area contributed by atoms with Crippen molar-refractivity contribution in [1.82, 2.24) is 0 Å². The summed E-state index contributed by atoms with van der Waals surface area (Å²) in [6, 6.07) is 4.71. The van der Waals surface area contributed by atoms with E-state index in [1.165, 1.54) is 6.07 Å². The Balaban J connectivity index is 2.20. The van der Waals surface area contributed by atoms with Gasteiger partial charge < -0.3 is 10.5 Å². The lowest BCUT2D eigenvalue weighted by Crippen LogP contribution is -2.30. The molecule has 1 aliphatic rings. The van der Waals surface area contributed by atoms with Gasteiger partial charge in [0.15, 0.2) is 9.84 Å². The molecule has 1 aromatic rings. The summed E-state index contributed by atoms with van der Waals surface area (Å²) in [6.45, 7) is 0.974. The van der Waals surface area contributed by atoms with Crippen molar-refractivity contribution in [3.63, 3.8) is 0 Å². The van der Waals surface area contributed by atoms with Gasteiger partial charge in [0.25, 0.3) is 0 Å². The van der Waals surface area contributed by atoms with Crippen molar-refractivity contribution in [3.05, 3.63) is 35.1 Å². The number of nitrogens with two attached hydrogens (primary N) is 1. The van der Waals surface area contributed by atoms with Crippen LogP contribution in [-0.2, 0) is 26.9 Å². The molecule has 2 N–H and O–H groups in total. The fraction of sp³-hybridized carbons (Fsp3) is 0.538. The summed E-state index contributed by atoms with van der Waals surface area (Å²) in [5.41, 5.74) is 5.97. The van der Waals surface area contributed by atoms with Crippen molar-refractivity contribution in [2.75, 3.05) is 13.2 Å². The van der Waals surface area contributed by atoms with Gasteiger partial charge in [-0.25, -0.2) is 12.8 Å². The molecule has 0 radical (unpaired) electrons. The molecule has 1 aliphatic heterocycles. The second-order valence-electron chi connectivity index (χ2n) is 4.71. The van der Waals surface area contributed by atoms with Gasteiger partial charge in [0, 0.05) is 30.9 Å². The Morgan fingerprint density at radius 3 is 2.53 bits per heavy atom. The smallest absolute Gasteiger partial charge is 0.157 e. The Hall–Kier alpha value is -0.980. The average Bonchev–Trinajstić information content (AvgIpc) is 2.42. The fourth-order valence-electron chi connectivity index (χ4n) is 2.27. The summed E-state index contributed by atoms with van der Waals surface area (Å²) in [6.07, 6.45) is 0.973. The van der Waals surface area contributed by atoms with Gasteiger partial charge >= 0.3 is 0 Å². The summed E-state index contributed by atoms with van der Waals surface area (Å²) in [5.74, 6) is -0.766. The van der Waals surface area contributed by atoms with E-state index in [1.54, 1.807) is 12.1 Å². The van der Waals surface area contributed by atoms with E-state index >= 15 is 0 Å². The molecule has 1 fully saturated rings. The van der Waals surface area contributed by atoms with Crippen LogP contribution in [0.3, 0.4) is 0 Å². The molecule has 0 spiro atoms. The third-order valence-corrected chi connectivity index (χ3v) is 5.61. The molecule has 19 heavy (non-hydrogen) atoms. The molecule has 6 heteroatoms. The van der Waals surface area contributed by atoms with Gasteiger partial charge in [-0.3, -0.25) is 0 Å². The first-order chi connectivity index (χ1) is 9.04. The molecule has 1 saturated heterocycles. The van der Waals surface area contributed by atoms with Crippen molar-refractivity contribution >= 4 is 9.84 Å². The highest BCUT2D eigenvalue weighted by Gasteiger charge is 2.28. The predicted octanol–water partition coefficient (Wildman–Crippen LogP) is 1.38. The van der Waals surface area contributed by atoms with Crippen molar-refractivity contribution in [2.45, 2.75) is 30.4 Å². The van der Waals surface area contributed by atoms with Gasteiger partial charge in [-0.1, -0.05) is 18.2 Å². The minimum atomic E-state index is -3.34. The standard InChI is InChI=1S/C13H18FNO3S/c14-13-10(8-15)2-1-3-11(13)9-19(16,17)12-4-6-18-7-5-12/h1-3,12H,4-9,15H2. The molecule has 0 saturated carbocycles. The van der Waals surface area contributed by atoms with Crippen LogP contribution in [0.25, 0.3) is 0 Å². The SMILES string of the molecule is NCc1cccc(CS(=O)(=O)C2CCOCC2)c1F. The summed E-state index contributed by atoms with van der Waals surface area (Å²) >= 11 is 0. The summed E-state index contributed by atoms with van der Waals surface area (Å²) in [4.78, 5) is 0. The third-order valence-electron chi connectivity index (χ3n) is 3.41. The molecule has 0 aromatic heterocycles. The van der Waals surface area contributed by atoms with Gasteiger partial charge in [-0.2, -0.15) is 0 Å². The molecule has 0 amide bonds. The van der Waals surface area contributed by atoms with Gasteiger partial charge in [-0.05, 0) is 12.8 Å². The Labute approximate surface area is 112 Å². The number of rotatable bonds is 4. The second kappa shape index (κ2) is 5.98. The molecule has 0 atom stereocenters. The second-order valence-corrected chi connectivity index (χ2v) is 6.99. The van der Waals surface area contributed by atoms with Gasteiger partial charge in [0.2, 0.25) is 0 Å². The molecule has 0 bridgehead atoms. The number of sulfone groups is 1. The maximum atomic E-state index is 14.0. The highest BCUT2D eigenvalue weighted by Crippen LogP contribution is 2.22. The van der Waals surface area contributed by atoms with E-state index in [1.807, 2.05) is 0 Å². The number of hydrogen-bond donors (Lipinski definition) is 1. The largest absolute Gasteiger partial charge is 0.381 e. The number of hydrogen-bond acceptors (Lipinski definition) is 4. The lowest BCUT2D eigenvalue weighted by molar-refractivity contribution is 0.0983. The monoisotopic (exact) mass is 287 g/mol. The maximum Gasteiger partial charge on any atom is 0.157 e. The van der Waals surface area contributed by atoms with Gasteiger partial charge in [-0.15, -0.1) is 0 Å². The topological polar surface area (TPSA) is 69.4 Å². The zero-order valence-electron chi connectivity index (χ0n) is 10.6. The first-order valence-electron chi connectivity index (χ1n) is 6.30. The van der Waals surface area contributed by atoms with Crippen LogP contribution < -0.4 is 5.73 Å². The lowest BCUT2D eigenvalue weighted by Gasteiger charge is -2.22. The highest BCUT2D eigenvalue weighted by atomic mass is 32.2. The van der Waals surface area contributed by atoms with Crippen LogP contribution in [-0.4, -0.2) is 26.9 Å². The number of benzene rings is 1. The Kier molecular flexibility index (Phi) is 4.54. The van der Waals surface area contributed by atoms with Crippen LogP contribution in [0.4, 0.5) is 4.39 Å². The van der Waals surface area contributed by atoms with E-state index in [4.69, 9.17) is 10.5 Å². The minimum absolute atomic E-state index is 0.0665. The molecular formula is C13H18FNO3S. The van der Waals surface area contributed by atoms with Crippen LogP contribution in [0.5, 0.6) is 0 Å². The molecule has 0 aliphatic carbocycles. The number of halogens is 1. The zero-order valence-corrected chi connectivity index (χ0v) is 11.5. The van der Waals surface area contributed by atoms with Crippen molar-refractivity contribution < 1.29 is 17.5 Å². The quantitative estimate of drug-likeness (QED) is 0.908. The van der Waals surface area contributed by atoms with E-state index < -0.39 is 20.9 Å². The van der Waals surface area contributed by atoms with Crippen LogP contribution >= 0.6 is 0 Å². The summed E-state index contributed by atoms with van der Waals surface area (Å²) < 4.78 is 43.7. The first kappa shape index (κ1) is 14.4. The Bertz CT molecular complexity index is 539. The van der Waals surface area contributed by atoms with Gasteiger partial charge in [0.1, 0.15) is 5.82 Å². The van der Waals surface area contributed by atoms with Crippen LogP contribution in [0.2, 0.25) is 0 Å². The van der Waals surface area contributed by atoms with Crippen molar-refractivity contribution in [2.24, 2.45) is 5.73 Å². The number of ether oxygens (including phenoxy) is 1. The fourth-order valence-corrected chi connectivity index (χ4v) is 4.07. The zero-order chi connectivity index (χ0) is 13.9. The highest BCUT2D eigenvalue weighted by molar-refractivity contribution is 7.91. The molecule has 1 aromatic carbocycles. The maximum absolute atomic E-state index is 14.0. The normalized spacial score (nSPS) is 17.6. The Morgan fingerprint density at radius 2 is 1.89 bits per heavy atom. The first-order valence-corrected chi connectivity index (χ1v) is 8.02.